The lowest BCUT2D eigenvalue weighted by atomic mass is 9.33. The van der Waals surface area contributed by atoms with Crippen LogP contribution in [0.25, 0.3) is 93.5 Å². The zero-order valence-electron chi connectivity index (χ0n) is 34.8. The van der Waals surface area contributed by atoms with Crippen LogP contribution >= 0.6 is 0 Å². The maximum absolute atomic E-state index is 7.42. The SMILES string of the molecule is Cc1cc(C)c(B2c3cccc4c3-n3c5c(c(-c6ccc(-c7ccccc7)cc6)c6ccccc6c5c5c6ccccc6c(-c6ccc(-c7ccccc7)cc6)c2c53)O4)c(C)c1. The van der Waals surface area contributed by atoms with Gasteiger partial charge in [0.15, 0.2) is 11.5 Å². The summed E-state index contributed by atoms with van der Waals surface area (Å²) in [6.07, 6.45) is 0. The Morgan fingerprint density at radius 3 is 1.45 bits per heavy atom. The highest BCUT2D eigenvalue weighted by molar-refractivity contribution is 6.99. The summed E-state index contributed by atoms with van der Waals surface area (Å²) in [4.78, 5) is 0. The number of para-hydroxylation sites is 1. The zero-order chi connectivity index (χ0) is 41.2. The summed E-state index contributed by atoms with van der Waals surface area (Å²) in [5, 5.41) is 7.48. The van der Waals surface area contributed by atoms with E-state index in [2.05, 4.69) is 213 Å². The minimum absolute atomic E-state index is 0.0420. The summed E-state index contributed by atoms with van der Waals surface area (Å²) in [6.45, 7) is 6.78. The Bertz CT molecular complexity index is 3640. The molecule has 290 valence electrons. The molecule has 2 aliphatic rings. The topological polar surface area (TPSA) is 14.2 Å². The van der Waals surface area contributed by atoms with Gasteiger partial charge in [-0.2, -0.15) is 0 Å². The van der Waals surface area contributed by atoms with E-state index in [4.69, 9.17) is 4.74 Å². The first-order valence-corrected chi connectivity index (χ1v) is 21.7. The van der Waals surface area contributed by atoms with Crippen molar-refractivity contribution in [1.82, 2.24) is 4.57 Å². The first kappa shape index (κ1) is 35.2. The molecule has 0 aliphatic carbocycles. The predicted octanol–water partition coefficient (Wildman–Crippen LogP) is 13.6. The van der Waals surface area contributed by atoms with Gasteiger partial charge < -0.3 is 9.30 Å². The molecule has 62 heavy (non-hydrogen) atoms. The average Bonchev–Trinajstić information content (AvgIpc) is 3.68. The smallest absolute Gasteiger partial charge is 0.248 e. The first-order valence-electron chi connectivity index (χ1n) is 21.7. The molecule has 11 aromatic rings. The third-order valence-electron chi connectivity index (χ3n) is 13.7. The Labute approximate surface area is 361 Å². The highest BCUT2D eigenvalue weighted by Crippen LogP contribution is 2.55. The van der Waals surface area contributed by atoms with E-state index in [1.165, 1.54) is 104 Å². The van der Waals surface area contributed by atoms with Gasteiger partial charge in [0, 0.05) is 16.3 Å². The van der Waals surface area contributed by atoms with Crippen LogP contribution in [0.1, 0.15) is 16.7 Å². The Balaban J connectivity index is 1.22. The van der Waals surface area contributed by atoms with Gasteiger partial charge in [0.05, 0.1) is 16.7 Å². The van der Waals surface area contributed by atoms with E-state index in [1.807, 2.05) is 0 Å². The highest BCUT2D eigenvalue weighted by Gasteiger charge is 2.42. The van der Waals surface area contributed by atoms with Crippen LogP contribution in [0.4, 0.5) is 0 Å². The molecule has 3 heterocycles. The molecule has 3 heteroatoms. The minimum atomic E-state index is -0.0420. The van der Waals surface area contributed by atoms with Crippen molar-refractivity contribution in [2.45, 2.75) is 20.8 Å². The van der Waals surface area contributed by atoms with E-state index in [-0.39, 0.29) is 6.71 Å². The summed E-state index contributed by atoms with van der Waals surface area (Å²) >= 11 is 0. The monoisotopic (exact) mass is 789 g/mol. The average molecular weight is 790 g/mol. The molecular weight excluding hydrogens is 749 g/mol. The predicted molar refractivity (Wildman–Crippen MR) is 263 cm³/mol. The molecule has 13 rings (SSSR count). The van der Waals surface area contributed by atoms with Crippen LogP contribution in [0.15, 0.2) is 188 Å². The molecule has 0 N–H and O–H groups in total. The van der Waals surface area contributed by atoms with E-state index in [1.54, 1.807) is 0 Å². The van der Waals surface area contributed by atoms with Gasteiger partial charge >= 0.3 is 0 Å². The molecular formula is C59H40BNO. The van der Waals surface area contributed by atoms with Crippen molar-refractivity contribution < 1.29 is 4.74 Å². The van der Waals surface area contributed by atoms with Crippen molar-refractivity contribution in [3.05, 3.63) is 205 Å². The van der Waals surface area contributed by atoms with Gasteiger partial charge in [-0.3, -0.25) is 0 Å². The fourth-order valence-corrected chi connectivity index (χ4v) is 11.3. The van der Waals surface area contributed by atoms with Gasteiger partial charge in [-0.1, -0.05) is 204 Å². The van der Waals surface area contributed by atoms with Gasteiger partial charge in [-0.05, 0) is 98.3 Å². The summed E-state index contributed by atoms with van der Waals surface area (Å²) in [7, 11) is 0. The number of hydrogen-bond acceptors (Lipinski definition) is 1. The molecule has 0 fully saturated rings. The van der Waals surface area contributed by atoms with Crippen molar-refractivity contribution in [1.29, 1.82) is 0 Å². The molecule has 0 radical (unpaired) electrons. The Morgan fingerprint density at radius 2 is 0.871 bits per heavy atom. The molecule has 1 aromatic heterocycles. The number of nitrogens with zero attached hydrogens (tertiary/aromatic N) is 1. The summed E-state index contributed by atoms with van der Waals surface area (Å²) < 4.78 is 10.0. The van der Waals surface area contributed by atoms with Gasteiger partial charge in [0.25, 0.3) is 0 Å². The fourth-order valence-electron chi connectivity index (χ4n) is 11.3. The number of rotatable bonds is 5. The second kappa shape index (κ2) is 13.2. The van der Waals surface area contributed by atoms with Crippen LogP contribution in [0, 0.1) is 20.8 Å². The lowest BCUT2D eigenvalue weighted by Crippen LogP contribution is -2.58. The number of aryl methyl sites for hydroxylation is 3. The van der Waals surface area contributed by atoms with E-state index in [0.29, 0.717) is 0 Å². The van der Waals surface area contributed by atoms with Crippen LogP contribution in [0.5, 0.6) is 11.5 Å². The maximum atomic E-state index is 7.42. The molecule has 0 amide bonds. The quantitative estimate of drug-likeness (QED) is 0.158. The number of ether oxygens (including phenoxy) is 1. The second-order valence-electron chi connectivity index (χ2n) is 17.3. The van der Waals surface area contributed by atoms with E-state index < -0.39 is 0 Å². The molecule has 10 aromatic carbocycles. The number of benzene rings is 10. The maximum Gasteiger partial charge on any atom is 0.248 e. The lowest BCUT2D eigenvalue weighted by molar-refractivity contribution is 0.479. The Hall–Kier alpha value is -7.62. The highest BCUT2D eigenvalue weighted by atomic mass is 16.5. The largest absolute Gasteiger partial charge is 0.452 e. The third-order valence-corrected chi connectivity index (χ3v) is 13.7. The van der Waals surface area contributed by atoms with Crippen LogP contribution < -0.4 is 21.1 Å². The molecule has 0 saturated carbocycles. The summed E-state index contributed by atoms with van der Waals surface area (Å²) in [5.74, 6) is 1.81. The number of hydrogen-bond donors (Lipinski definition) is 0. The summed E-state index contributed by atoms with van der Waals surface area (Å²) in [5.41, 5.74) is 21.1. The molecule has 2 nitrogen and oxygen atoms in total. The lowest BCUT2D eigenvalue weighted by Gasteiger charge is -2.34. The molecule has 0 bridgehead atoms. The first-order chi connectivity index (χ1) is 30.5. The van der Waals surface area contributed by atoms with E-state index in [0.717, 1.165) is 33.8 Å². The van der Waals surface area contributed by atoms with Crippen LogP contribution in [-0.4, -0.2) is 11.3 Å². The minimum Gasteiger partial charge on any atom is -0.452 e. The molecule has 2 aliphatic heterocycles. The number of fused-ring (bicyclic) bond motifs is 5. The van der Waals surface area contributed by atoms with Crippen LogP contribution in [-0.2, 0) is 0 Å². The van der Waals surface area contributed by atoms with Gasteiger partial charge in [0.1, 0.15) is 0 Å². The van der Waals surface area contributed by atoms with Crippen molar-refractivity contribution in [2.75, 3.05) is 0 Å². The van der Waals surface area contributed by atoms with Gasteiger partial charge in [-0.15, -0.1) is 0 Å². The van der Waals surface area contributed by atoms with Crippen molar-refractivity contribution in [3.8, 4) is 61.7 Å². The van der Waals surface area contributed by atoms with Crippen LogP contribution in [0.2, 0.25) is 0 Å². The normalized spacial score (nSPS) is 12.5. The van der Waals surface area contributed by atoms with Crippen molar-refractivity contribution >= 4 is 66.5 Å². The zero-order valence-corrected chi connectivity index (χ0v) is 34.8. The summed E-state index contributed by atoms with van der Waals surface area (Å²) in [6, 6.07) is 69.3. The fraction of sp³-hybridized carbons (Fsp3) is 0.0508. The Kier molecular flexibility index (Phi) is 7.48. The van der Waals surface area contributed by atoms with E-state index in [9.17, 15) is 0 Å². The number of aromatic nitrogens is 1. The van der Waals surface area contributed by atoms with Crippen LogP contribution in [0.3, 0.4) is 0 Å². The van der Waals surface area contributed by atoms with Gasteiger partial charge in [-0.25, -0.2) is 0 Å². The Morgan fingerprint density at radius 1 is 0.403 bits per heavy atom. The molecule has 0 unspecified atom stereocenters. The van der Waals surface area contributed by atoms with Gasteiger partial charge in [0.2, 0.25) is 6.71 Å². The van der Waals surface area contributed by atoms with E-state index >= 15 is 0 Å². The molecule has 0 saturated heterocycles. The second-order valence-corrected chi connectivity index (χ2v) is 17.3. The standard InChI is InChI=1S/C59H40BNO/c1-35-33-36(2)54(37(3)34-35)60-48-23-14-24-49-56(48)61-57-52(46-21-12-10-19-44(46)50(55(57)60)42-29-25-40(26-30-42)38-15-6-4-7-16-38)53-47-22-13-11-20-45(47)51(59(62-49)58(53)61)43-31-27-41(28-32-43)39-17-8-5-9-18-39/h4-34H,1-3H3. The molecule has 0 atom stereocenters. The third kappa shape index (κ3) is 4.88. The molecule has 0 spiro atoms. The van der Waals surface area contributed by atoms with Crippen molar-refractivity contribution in [3.63, 3.8) is 0 Å². The van der Waals surface area contributed by atoms with Crippen molar-refractivity contribution in [2.24, 2.45) is 0 Å².